The summed E-state index contributed by atoms with van der Waals surface area (Å²) in [6.07, 6.45) is 0.461. The summed E-state index contributed by atoms with van der Waals surface area (Å²) in [6.45, 7) is 8.32. The molecule has 2 aliphatic rings. The molecule has 55 heavy (non-hydrogen) atoms. The molecule has 2 aromatic carbocycles. The van der Waals surface area contributed by atoms with Crippen molar-refractivity contribution in [2.45, 2.75) is 77.0 Å². The summed E-state index contributed by atoms with van der Waals surface area (Å²) in [5, 5.41) is 19.0. The molecule has 2 fully saturated rings. The van der Waals surface area contributed by atoms with Gasteiger partial charge in [-0.25, -0.2) is 15.0 Å². The zero-order valence-electron chi connectivity index (χ0n) is 31.1. The summed E-state index contributed by atoms with van der Waals surface area (Å²) in [7, 11) is 0. The maximum atomic E-state index is 13.8. The van der Waals surface area contributed by atoms with E-state index in [9.17, 15) is 14.4 Å². The van der Waals surface area contributed by atoms with Crippen molar-refractivity contribution in [3.8, 4) is 0 Å². The van der Waals surface area contributed by atoms with Crippen LogP contribution in [0, 0.1) is 0 Å². The molecule has 2 saturated heterocycles. The highest BCUT2D eigenvalue weighted by Crippen LogP contribution is 2.42. The third-order valence-electron chi connectivity index (χ3n) is 9.74. The Morgan fingerprint density at radius 3 is 2.22 bits per heavy atom. The molecule has 5 heterocycles. The van der Waals surface area contributed by atoms with Crippen molar-refractivity contribution in [2.75, 3.05) is 38.0 Å². The van der Waals surface area contributed by atoms with Gasteiger partial charge in [0.2, 0.25) is 11.6 Å². The second-order valence-electron chi connectivity index (χ2n) is 13.6. The number of esters is 2. The number of ether oxygens (including phenoxy) is 3. The predicted molar refractivity (Wildman–Crippen MR) is 199 cm³/mol. The van der Waals surface area contributed by atoms with Crippen LogP contribution in [0.2, 0.25) is 0 Å². The van der Waals surface area contributed by atoms with Crippen LogP contribution >= 0.6 is 0 Å². The van der Waals surface area contributed by atoms with Crippen molar-refractivity contribution in [3.05, 3.63) is 89.8 Å². The number of piperidine rings is 1. The molecule has 17 heteroatoms. The molecule has 0 saturated carbocycles. The van der Waals surface area contributed by atoms with Crippen molar-refractivity contribution < 1.29 is 28.6 Å². The quantitative estimate of drug-likeness (QED) is 0.157. The Kier molecular flexibility index (Phi) is 11.7. The molecular weight excluding hydrogens is 706 g/mol. The van der Waals surface area contributed by atoms with Crippen molar-refractivity contribution in [3.63, 3.8) is 0 Å². The zero-order chi connectivity index (χ0) is 38.3. The second kappa shape index (κ2) is 17.1. The number of imidazole rings is 1. The molecule has 0 bridgehead atoms. The molecule has 0 unspecified atom stereocenters. The Bertz CT molecular complexity index is 2050. The van der Waals surface area contributed by atoms with Gasteiger partial charge in [-0.3, -0.25) is 19.0 Å². The molecule has 0 radical (unpaired) electrons. The van der Waals surface area contributed by atoms with Gasteiger partial charge in [-0.05, 0) is 49.2 Å². The average molecular weight is 752 g/mol. The summed E-state index contributed by atoms with van der Waals surface area (Å²) < 4.78 is 19.5. The maximum absolute atomic E-state index is 13.8. The normalized spacial score (nSPS) is 20.1. The highest BCUT2D eigenvalue weighted by molar-refractivity contribution is 5.94. The fraction of sp³-hybridized carbons (Fsp3) is 0.447. The van der Waals surface area contributed by atoms with Gasteiger partial charge in [0.15, 0.2) is 41.5 Å². The van der Waals surface area contributed by atoms with Crippen LogP contribution in [0.5, 0.6) is 0 Å². The van der Waals surface area contributed by atoms with Gasteiger partial charge in [0.05, 0.1) is 12.9 Å². The van der Waals surface area contributed by atoms with Gasteiger partial charge in [0.25, 0.3) is 5.91 Å². The molecule has 17 nitrogen and oxygen atoms in total. The molecule has 2 N–H and O–H groups in total. The molecule has 0 spiro atoms. The first-order chi connectivity index (χ1) is 26.8. The van der Waals surface area contributed by atoms with Gasteiger partial charge >= 0.3 is 11.9 Å². The van der Waals surface area contributed by atoms with Gasteiger partial charge in [-0.2, -0.15) is 4.80 Å². The topological polar surface area (TPSA) is 193 Å². The number of nitrogens with zero attached hydrogens (tertiary/aromatic N) is 9. The van der Waals surface area contributed by atoms with E-state index >= 15 is 0 Å². The number of likely N-dealkylation sites (tertiary alicyclic amines) is 1. The number of amides is 1. The lowest BCUT2D eigenvalue weighted by molar-refractivity contribution is -0.165. The Labute approximate surface area is 317 Å². The fourth-order valence-electron chi connectivity index (χ4n) is 7.13. The highest BCUT2D eigenvalue weighted by atomic mass is 16.6. The lowest BCUT2D eigenvalue weighted by Crippen LogP contribution is -2.38. The number of tetrazole rings is 1. The molecule has 0 aliphatic carbocycles. The van der Waals surface area contributed by atoms with Crippen LogP contribution in [0.1, 0.15) is 85.9 Å². The highest BCUT2D eigenvalue weighted by Gasteiger charge is 2.53. The molecule has 1 amide bonds. The molecule has 7 rings (SSSR count). The number of carbonyl (C=O) groups is 3. The van der Waals surface area contributed by atoms with E-state index in [4.69, 9.17) is 24.2 Å². The number of aryl methyl sites for hydroxylation is 1. The summed E-state index contributed by atoms with van der Waals surface area (Å²) in [5.74, 6) is -1.42. The first-order valence-corrected chi connectivity index (χ1v) is 18.7. The number of anilines is 1. The van der Waals surface area contributed by atoms with Gasteiger partial charge in [0, 0.05) is 39.4 Å². The molecule has 4 atom stereocenters. The number of carbonyl (C=O) groups excluding carboxylic acids is 3. The largest absolute Gasteiger partial charge is 0.455 e. The molecule has 5 aromatic rings. The Morgan fingerprint density at radius 2 is 1.58 bits per heavy atom. The number of fused-ring (bicyclic) bond motifs is 1. The Balaban J connectivity index is 1.26. The van der Waals surface area contributed by atoms with E-state index in [1.807, 2.05) is 43.3 Å². The van der Waals surface area contributed by atoms with Crippen molar-refractivity contribution in [1.82, 2.24) is 49.9 Å². The van der Waals surface area contributed by atoms with E-state index in [0.717, 1.165) is 37.1 Å². The minimum absolute atomic E-state index is 0.0721. The van der Waals surface area contributed by atoms with Crippen LogP contribution in [0.4, 0.5) is 5.82 Å². The van der Waals surface area contributed by atoms with Crippen LogP contribution in [-0.2, 0) is 30.3 Å². The smallest absolute Gasteiger partial charge is 0.303 e. The summed E-state index contributed by atoms with van der Waals surface area (Å²) in [6, 6.07) is 20.2. The summed E-state index contributed by atoms with van der Waals surface area (Å²) >= 11 is 0. The number of nitrogens with one attached hydrogen (secondary N) is 2. The maximum Gasteiger partial charge on any atom is 0.303 e. The third kappa shape index (κ3) is 8.62. The van der Waals surface area contributed by atoms with E-state index in [1.54, 1.807) is 4.57 Å². The lowest BCUT2D eigenvalue weighted by Gasteiger charge is -2.26. The van der Waals surface area contributed by atoms with Crippen LogP contribution < -0.4 is 10.6 Å². The van der Waals surface area contributed by atoms with E-state index in [0.29, 0.717) is 37.5 Å². The summed E-state index contributed by atoms with van der Waals surface area (Å²) in [4.78, 5) is 56.5. The number of hydrogen-bond donors (Lipinski definition) is 2. The third-order valence-corrected chi connectivity index (χ3v) is 9.74. The Hall–Kier alpha value is -5.81. The van der Waals surface area contributed by atoms with Gasteiger partial charge in [0.1, 0.15) is 0 Å². The number of benzene rings is 2. The number of rotatable bonds is 14. The zero-order valence-corrected chi connectivity index (χ0v) is 31.1. The van der Waals surface area contributed by atoms with Crippen molar-refractivity contribution in [2.24, 2.45) is 0 Å². The fourth-order valence-corrected chi connectivity index (χ4v) is 7.13. The molecular formula is C38H45N11O6. The summed E-state index contributed by atoms with van der Waals surface area (Å²) in [5.41, 5.74) is 2.75. The van der Waals surface area contributed by atoms with Crippen molar-refractivity contribution >= 4 is 34.8 Å². The van der Waals surface area contributed by atoms with E-state index in [-0.39, 0.29) is 23.2 Å². The van der Waals surface area contributed by atoms with Gasteiger partial charge in [-0.15, -0.1) is 10.2 Å². The van der Waals surface area contributed by atoms with E-state index < -0.39 is 42.4 Å². The van der Waals surface area contributed by atoms with E-state index in [2.05, 4.69) is 60.2 Å². The second-order valence-corrected chi connectivity index (χ2v) is 13.6. The minimum Gasteiger partial charge on any atom is -0.455 e. The standard InChI is InChI=1S/C38H45N11O6/c1-4-49-45-34(44-46-49)31-30(53-24(2)50)32(54-25(3)51)38(55-31)48-23-41-29-33(40-22-28(26-14-8-5-9-15-26)27-16-10-6-11-17-27)42-35(43-36(29)48)37(52)39-18-21-47-19-12-7-13-20-47/h5-6,8-11,14-17,23,28,30-32,38H,4,7,12-13,18-22H2,1-3H3,(H,39,52)(H,40,42,43)/t30-,31+,32-,38-/m1/s1. The minimum atomic E-state index is -1.17. The van der Waals surface area contributed by atoms with Gasteiger partial charge in [-0.1, -0.05) is 67.1 Å². The van der Waals surface area contributed by atoms with Crippen molar-refractivity contribution in [1.29, 1.82) is 0 Å². The van der Waals surface area contributed by atoms with Gasteiger partial charge < -0.3 is 29.7 Å². The predicted octanol–water partition coefficient (Wildman–Crippen LogP) is 3.43. The van der Waals surface area contributed by atoms with E-state index in [1.165, 1.54) is 31.4 Å². The molecule has 3 aromatic heterocycles. The molecule has 2 aliphatic heterocycles. The first-order valence-electron chi connectivity index (χ1n) is 18.7. The van der Waals surface area contributed by atoms with Crippen LogP contribution in [-0.4, -0.2) is 107 Å². The number of aromatic nitrogens is 8. The Morgan fingerprint density at radius 1 is 0.909 bits per heavy atom. The SMILES string of the molecule is CCn1nnc([C@H]2O[C@@H](n3cnc4c(NCC(c5ccccc5)c5ccccc5)nc(C(=O)NCCN5CCCCC5)nc43)[C@H](OC(C)=O)[C@@H]2OC(C)=O)n1. The monoisotopic (exact) mass is 751 g/mol. The van der Waals surface area contributed by atoms with Crippen LogP contribution in [0.3, 0.4) is 0 Å². The lowest BCUT2D eigenvalue weighted by atomic mass is 9.91. The van der Waals surface area contributed by atoms with Crippen LogP contribution in [0.25, 0.3) is 11.2 Å². The average Bonchev–Trinajstić information content (AvgIpc) is 3.93. The van der Waals surface area contributed by atoms with Crippen LogP contribution in [0.15, 0.2) is 67.0 Å². The number of hydrogen-bond acceptors (Lipinski definition) is 14. The molecule has 288 valence electrons. The first kappa shape index (κ1) is 37.5.